The van der Waals surface area contributed by atoms with E-state index < -0.39 is 5.41 Å². The van der Waals surface area contributed by atoms with Gasteiger partial charge in [0.25, 0.3) is 0 Å². The van der Waals surface area contributed by atoms with Crippen LogP contribution in [0, 0.1) is 24.7 Å². The maximum atomic E-state index is 12.9. The fourth-order valence-corrected chi connectivity index (χ4v) is 4.22. The molecule has 2 aliphatic heterocycles. The van der Waals surface area contributed by atoms with E-state index in [4.69, 9.17) is 16.0 Å². The van der Waals surface area contributed by atoms with Crippen LogP contribution in [0.5, 0.6) is 0 Å². The maximum Gasteiger partial charge on any atom is 0.313 e. The van der Waals surface area contributed by atoms with Gasteiger partial charge in [-0.1, -0.05) is 35.3 Å². The summed E-state index contributed by atoms with van der Waals surface area (Å²) >= 11 is 0. The van der Waals surface area contributed by atoms with Crippen molar-refractivity contribution >= 4 is 11.7 Å². The van der Waals surface area contributed by atoms with E-state index in [1.165, 1.54) is 5.56 Å². The van der Waals surface area contributed by atoms with Gasteiger partial charge in [0.15, 0.2) is 0 Å². The van der Waals surface area contributed by atoms with Gasteiger partial charge in [0.05, 0.1) is 24.3 Å². The molecule has 144 valence electrons. The summed E-state index contributed by atoms with van der Waals surface area (Å²) in [5, 5.41) is 4.32. The summed E-state index contributed by atoms with van der Waals surface area (Å²) in [5.41, 5.74) is 2.67. The molecule has 0 saturated carbocycles. The third kappa shape index (κ3) is 4.33. The average Bonchev–Trinajstić information content (AvgIpc) is 3.11. The Hall–Kier alpha value is -2.32. The number of esters is 1. The Bertz CT molecular complexity index is 752. The molecule has 1 aromatic carbocycles. The molecule has 0 bridgehead atoms. The molecule has 3 rings (SSSR count). The Labute approximate surface area is 161 Å². The SMILES string of the molecule is C#CCN1CCCC(CC2CC(c3ccccc3C)=NO2)(C(=O)OCC)C1. The molecule has 0 spiro atoms. The van der Waals surface area contributed by atoms with E-state index in [1.54, 1.807) is 0 Å². The van der Waals surface area contributed by atoms with Crippen LogP contribution in [0.25, 0.3) is 0 Å². The van der Waals surface area contributed by atoms with Crippen LogP contribution in [0.15, 0.2) is 29.4 Å². The number of terminal acetylenes is 1. The van der Waals surface area contributed by atoms with Crippen molar-refractivity contribution in [2.75, 3.05) is 26.2 Å². The van der Waals surface area contributed by atoms with Crippen molar-refractivity contribution in [3.05, 3.63) is 35.4 Å². The van der Waals surface area contributed by atoms with Crippen LogP contribution in [-0.2, 0) is 14.4 Å². The second kappa shape index (κ2) is 8.58. The fourth-order valence-electron chi connectivity index (χ4n) is 4.22. The Kier molecular flexibility index (Phi) is 6.18. The highest BCUT2D eigenvalue weighted by molar-refractivity contribution is 6.02. The van der Waals surface area contributed by atoms with Gasteiger partial charge in [0.2, 0.25) is 0 Å². The molecule has 2 unspecified atom stereocenters. The molecule has 2 aliphatic rings. The number of benzene rings is 1. The second-order valence-electron chi connectivity index (χ2n) is 7.51. The number of oxime groups is 1. The monoisotopic (exact) mass is 368 g/mol. The van der Waals surface area contributed by atoms with Crippen LogP contribution < -0.4 is 0 Å². The number of hydrogen-bond acceptors (Lipinski definition) is 5. The number of carbonyl (C=O) groups is 1. The highest BCUT2D eigenvalue weighted by Gasteiger charge is 2.46. The van der Waals surface area contributed by atoms with Crippen LogP contribution in [0.3, 0.4) is 0 Å². The first-order chi connectivity index (χ1) is 13.1. The highest BCUT2D eigenvalue weighted by Crippen LogP contribution is 2.39. The zero-order valence-electron chi connectivity index (χ0n) is 16.2. The zero-order valence-corrected chi connectivity index (χ0v) is 16.2. The molecule has 5 heteroatoms. The second-order valence-corrected chi connectivity index (χ2v) is 7.51. The largest absolute Gasteiger partial charge is 0.466 e. The molecule has 1 fully saturated rings. The topological polar surface area (TPSA) is 51.1 Å². The van der Waals surface area contributed by atoms with Gasteiger partial charge >= 0.3 is 5.97 Å². The summed E-state index contributed by atoms with van der Waals surface area (Å²) in [6.45, 7) is 6.39. The lowest BCUT2D eigenvalue weighted by molar-refractivity contribution is -0.162. The van der Waals surface area contributed by atoms with E-state index in [0.717, 1.165) is 30.7 Å². The minimum absolute atomic E-state index is 0.116. The minimum atomic E-state index is -0.577. The first-order valence-corrected chi connectivity index (χ1v) is 9.69. The van der Waals surface area contributed by atoms with Crippen LogP contribution in [0.2, 0.25) is 0 Å². The number of hydrogen-bond donors (Lipinski definition) is 0. The molecule has 0 amide bonds. The molecule has 27 heavy (non-hydrogen) atoms. The number of carbonyl (C=O) groups excluding carboxylic acids is 1. The molecule has 0 aliphatic carbocycles. The number of piperidine rings is 1. The summed E-state index contributed by atoms with van der Waals surface area (Å²) in [6.07, 6.45) is 8.42. The Morgan fingerprint density at radius 1 is 1.48 bits per heavy atom. The van der Waals surface area contributed by atoms with Crippen LogP contribution in [0.4, 0.5) is 0 Å². The lowest BCUT2D eigenvalue weighted by atomic mass is 9.74. The number of likely N-dealkylation sites (tertiary alicyclic amines) is 1. The molecule has 5 nitrogen and oxygen atoms in total. The standard InChI is InChI=1S/C22H28N2O3/c1-4-12-24-13-8-11-22(16-24,21(25)26-5-2)15-18-14-20(23-27-18)19-10-7-6-9-17(19)3/h1,6-7,9-10,18H,5,8,11-16H2,2-3H3. The Balaban J connectivity index is 1.73. The molecule has 1 saturated heterocycles. The van der Waals surface area contributed by atoms with E-state index in [0.29, 0.717) is 32.5 Å². The predicted molar refractivity (Wildman–Crippen MR) is 105 cm³/mol. The summed E-state index contributed by atoms with van der Waals surface area (Å²) in [7, 11) is 0. The Morgan fingerprint density at radius 3 is 3.04 bits per heavy atom. The summed E-state index contributed by atoms with van der Waals surface area (Å²) < 4.78 is 5.44. The summed E-state index contributed by atoms with van der Waals surface area (Å²) in [6, 6.07) is 8.17. The molecule has 0 N–H and O–H groups in total. The molecule has 2 atom stereocenters. The van der Waals surface area contributed by atoms with Crippen molar-refractivity contribution in [3.63, 3.8) is 0 Å². The van der Waals surface area contributed by atoms with E-state index >= 15 is 0 Å². The average molecular weight is 368 g/mol. The number of aryl methyl sites for hydroxylation is 1. The van der Waals surface area contributed by atoms with Gasteiger partial charge < -0.3 is 9.57 Å². The molecule has 2 heterocycles. The van der Waals surface area contributed by atoms with Crippen LogP contribution in [-0.4, -0.2) is 48.9 Å². The first kappa shape index (κ1) is 19.4. The van der Waals surface area contributed by atoms with Gasteiger partial charge in [0.1, 0.15) is 6.10 Å². The molecule has 1 aromatic rings. The van der Waals surface area contributed by atoms with Crippen molar-refractivity contribution in [2.24, 2.45) is 10.6 Å². The maximum absolute atomic E-state index is 12.9. The lowest BCUT2D eigenvalue weighted by Crippen LogP contribution is -2.50. The van der Waals surface area contributed by atoms with Crippen molar-refractivity contribution in [1.82, 2.24) is 4.90 Å². The normalized spacial score (nSPS) is 25.4. The van der Waals surface area contributed by atoms with E-state index in [2.05, 4.69) is 35.0 Å². The van der Waals surface area contributed by atoms with Crippen LogP contribution in [0.1, 0.15) is 43.7 Å². The zero-order chi connectivity index (χ0) is 19.3. The summed E-state index contributed by atoms with van der Waals surface area (Å²) in [4.78, 5) is 20.8. The van der Waals surface area contributed by atoms with Crippen molar-refractivity contribution < 1.29 is 14.4 Å². The number of ether oxygens (including phenoxy) is 1. The van der Waals surface area contributed by atoms with E-state index in [9.17, 15) is 4.79 Å². The van der Waals surface area contributed by atoms with Gasteiger partial charge in [0, 0.05) is 24.9 Å². The third-order valence-electron chi connectivity index (χ3n) is 5.49. The van der Waals surface area contributed by atoms with Gasteiger partial charge in [-0.2, -0.15) is 0 Å². The highest BCUT2D eigenvalue weighted by atomic mass is 16.6. The molecule has 0 radical (unpaired) electrons. The number of nitrogens with zero attached hydrogens (tertiary/aromatic N) is 2. The van der Waals surface area contributed by atoms with Gasteiger partial charge in [-0.05, 0) is 38.8 Å². The molecular weight excluding hydrogens is 340 g/mol. The van der Waals surface area contributed by atoms with Crippen molar-refractivity contribution in [2.45, 2.75) is 45.6 Å². The van der Waals surface area contributed by atoms with Gasteiger partial charge in [-0.3, -0.25) is 9.69 Å². The van der Waals surface area contributed by atoms with Crippen LogP contribution >= 0.6 is 0 Å². The third-order valence-corrected chi connectivity index (χ3v) is 5.49. The van der Waals surface area contributed by atoms with Crippen molar-refractivity contribution in [1.29, 1.82) is 0 Å². The van der Waals surface area contributed by atoms with Gasteiger partial charge in [-0.25, -0.2) is 0 Å². The predicted octanol–water partition coefficient (Wildman–Crippen LogP) is 3.16. The van der Waals surface area contributed by atoms with Gasteiger partial charge in [-0.15, -0.1) is 6.42 Å². The smallest absolute Gasteiger partial charge is 0.313 e. The summed E-state index contributed by atoms with van der Waals surface area (Å²) in [5.74, 6) is 2.56. The van der Waals surface area contributed by atoms with E-state index in [-0.39, 0.29) is 12.1 Å². The minimum Gasteiger partial charge on any atom is -0.466 e. The number of rotatable bonds is 6. The Morgan fingerprint density at radius 2 is 2.30 bits per heavy atom. The molecular formula is C22H28N2O3. The quantitative estimate of drug-likeness (QED) is 0.572. The van der Waals surface area contributed by atoms with Crippen molar-refractivity contribution in [3.8, 4) is 12.3 Å². The fraction of sp³-hybridized carbons (Fsp3) is 0.545. The first-order valence-electron chi connectivity index (χ1n) is 9.69. The molecule has 0 aromatic heterocycles. The lowest BCUT2D eigenvalue weighted by Gasteiger charge is -2.41. The van der Waals surface area contributed by atoms with E-state index in [1.807, 2.05) is 19.1 Å².